The lowest BCUT2D eigenvalue weighted by Gasteiger charge is -2.42. The second-order valence-electron chi connectivity index (χ2n) is 8.31. The van der Waals surface area contributed by atoms with E-state index in [9.17, 15) is 14.4 Å². The van der Waals surface area contributed by atoms with E-state index in [1.54, 1.807) is 12.1 Å². The normalized spacial score (nSPS) is 26.3. The van der Waals surface area contributed by atoms with Crippen LogP contribution >= 0.6 is 0 Å². The molecule has 3 aliphatic rings. The molecular formula is C21H28N4O3. The van der Waals surface area contributed by atoms with Crippen molar-refractivity contribution in [3.05, 3.63) is 34.9 Å². The summed E-state index contributed by atoms with van der Waals surface area (Å²) in [5.41, 5.74) is 12.6. The van der Waals surface area contributed by atoms with Gasteiger partial charge in [0, 0.05) is 37.6 Å². The molecule has 1 aromatic carbocycles. The summed E-state index contributed by atoms with van der Waals surface area (Å²) in [6.07, 6.45) is 5.68. The topological polar surface area (TPSA) is 110 Å². The zero-order chi connectivity index (χ0) is 19.8. The van der Waals surface area contributed by atoms with E-state index in [-0.39, 0.29) is 23.8 Å². The maximum Gasteiger partial charge on any atom is 0.255 e. The third-order valence-electron chi connectivity index (χ3n) is 6.79. The molecule has 7 heteroatoms. The molecule has 1 saturated heterocycles. The Balaban J connectivity index is 1.36. The maximum atomic E-state index is 13.0. The number of hydrogen-bond acceptors (Lipinski definition) is 4. The number of piperidine rings is 1. The zero-order valence-electron chi connectivity index (χ0n) is 16.1. The monoisotopic (exact) mass is 384 g/mol. The Bertz CT molecular complexity index is 793. The predicted molar refractivity (Wildman–Crippen MR) is 104 cm³/mol. The van der Waals surface area contributed by atoms with E-state index in [0.717, 1.165) is 57.2 Å². The molecule has 4 rings (SSSR count). The predicted octanol–water partition coefficient (Wildman–Crippen LogP) is 1.25. The van der Waals surface area contributed by atoms with Crippen molar-refractivity contribution in [3.63, 3.8) is 0 Å². The fourth-order valence-electron chi connectivity index (χ4n) is 5.17. The van der Waals surface area contributed by atoms with Gasteiger partial charge in [0.25, 0.3) is 5.91 Å². The molecule has 1 aromatic rings. The summed E-state index contributed by atoms with van der Waals surface area (Å²) in [6.45, 7) is 2.47. The highest BCUT2D eigenvalue weighted by Gasteiger charge is 2.38. The van der Waals surface area contributed by atoms with Crippen LogP contribution in [0.1, 0.15) is 64.8 Å². The molecule has 28 heavy (non-hydrogen) atoms. The van der Waals surface area contributed by atoms with E-state index >= 15 is 0 Å². The number of nitrogens with zero attached hydrogens (tertiary/aromatic N) is 2. The molecule has 0 spiro atoms. The highest BCUT2D eigenvalue weighted by Crippen LogP contribution is 2.33. The number of carbonyl (C=O) groups excluding carboxylic acids is 3. The van der Waals surface area contributed by atoms with Crippen LogP contribution in [0.25, 0.3) is 0 Å². The van der Waals surface area contributed by atoms with Gasteiger partial charge in [-0.1, -0.05) is 12.1 Å². The maximum absolute atomic E-state index is 13.0. The fourth-order valence-corrected chi connectivity index (χ4v) is 5.17. The van der Waals surface area contributed by atoms with Crippen LogP contribution in [-0.4, -0.2) is 52.7 Å². The van der Waals surface area contributed by atoms with Gasteiger partial charge in [0.2, 0.25) is 11.8 Å². The number of hydrogen-bond donors (Lipinski definition) is 2. The Morgan fingerprint density at radius 2 is 1.61 bits per heavy atom. The molecular weight excluding hydrogens is 356 g/mol. The van der Waals surface area contributed by atoms with E-state index in [0.29, 0.717) is 23.7 Å². The highest BCUT2D eigenvalue weighted by molar-refractivity contribution is 6.09. The van der Waals surface area contributed by atoms with E-state index in [1.807, 2.05) is 11.0 Å². The summed E-state index contributed by atoms with van der Waals surface area (Å²) >= 11 is 0. The van der Waals surface area contributed by atoms with Gasteiger partial charge in [-0.2, -0.15) is 0 Å². The van der Waals surface area contributed by atoms with Gasteiger partial charge in [0.15, 0.2) is 0 Å². The highest BCUT2D eigenvalue weighted by atomic mass is 16.2. The number of rotatable bonds is 4. The molecule has 1 aliphatic carbocycles. The molecule has 0 aromatic heterocycles. The standard InChI is InChI=1S/C21H28N4O3/c22-19(26)13-4-6-15(7-5-13)24-10-8-16(9-11-24)25-12-14-2-1-3-17(20(23)27)18(14)21(25)28/h1-3,13,15-16H,4-12H2,(H2,22,26)(H2,23,27)/t13-,15-. The lowest BCUT2D eigenvalue weighted by molar-refractivity contribution is -0.123. The van der Waals surface area contributed by atoms with E-state index in [4.69, 9.17) is 11.5 Å². The van der Waals surface area contributed by atoms with Crippen molar-refractivity contribution in [1.29, 1.82) is 0 Å². The van der Waals surface area contributed by atoms with Crippen molar-refractivity contribution in [2.24, 2.45) is 17.4 Å². The van der Waals surface area contributed by atoms with Gasteiger partial charge in [-0.05, 0) is 50.2 Å². The molecule has 7 nitrogen and oxygen atoms in total. The second kappa shape index (κ2) is 7.54. The van der Waals surface area contributed by atoms with Gasteiger partial charge in [0.05, 0.1) is 11.1 Å². The van der Waals surface area contributed by atoms with Crippen molar-refractivity contribution >= 4 is 17.7 Å². The second-order valence-corrected chi connectivity index (χ2v) is 8.31. The van der Waals surface area contributed by atoms with E-state index < -0.39 is 5.91 Å². The van der Waals surface area contributed by atoms with Gasteiger partial charge in [-0.25, -0.2) is 0 Å². The summed E-state index contributed by atoms with van der Waals surface area (Å²) in [5, 5.41) is 0. The van der Waals surface area contributed by atoms with Crippen LogP contribution in [0.3, 0.4) is 0 Å². The van der Waals surface area contributed by atoms with Gasteiger partial charge >= 0.3 is 0 Å². The van der Waals surface area contributed by atoms with E-state index in [1.165, 1.54) is 0 Å². The Morgan fingerprint density at radius 3 is 2.21 bits per heavy atom. The van der Waals surface area contributed by atoms with Gasteiger partial charge in [-0.15, -0.1) is 0 Å². The Labute approximate surface area is 165 Å². The first-order valence-electron chi connectivity index (χ1n) is 10.2. The Morgan fingerprint density at radius 1 is 0.929 bits per heavy atom. The van der Waals surface area contributed by atoms with Crippen molar-refractivity contribution in [2.45, 2.75) is 57.2 Å². The minimum Gasteiger partial charge on any atom is -0.369 e. The molecule has 150 valence electrons. The van der Waals surface area contributed by atoms with Crippen LogP contribution in [0.4, 0.5) is 0 Å². The Hall–Kier alpha value is -2.41. The number of primary amides is 2. The summed E-state index contributed by atoms with van der Waals surface area (Å²) in [7, 11) is 0. The molecule has 0 unspecified atom stereocenters. The molecule has 2 heterocycles. The van der Waals surface area contributed by atoms with Crippen molar-refractivity contribution in [2.75, 3.05) is 13.1 Å². The van der Waals surface area contributed by atoms with Crippen LogP contribution in [0.15, 0.2) is 18.2 Å². The van der Waals surface area contributed by atoms with E-state index in [2.05, 4.69) is 4.90 Å². The lowest BCUT2D eigenvalue weighted by Crippen LogP contribution is -2.49. The molecule has 2 aliphatic heterocycles. The average Bonchev–Trinajstić information content (AvgIpc) is 3.05. The van der Waals surface area contributed by atoms with Crippen molar-refractivity contribution in [1.82, 2.24) is 9.80 Å². The van der Waals surface area contributed by atoms with Crippen molar-refractivity contribution in [3.8, 4) is 0 Å². The first kappa shape index (κ1) is 18.9. The molecule has 0 bridgehead atoms. The van der Waals surface area contributed by atoms with Crippen LogP contribution in [0.2, 0.25) is 0 Å². The third-order valence-corrected chi connectivity index (χ3v) is 6.79. The Kier molecular flexibility index (Phi) is 5.10. The third kappa shape index (κ3) is 3.39. The van der Waals surface area contributed by atoms with Gasteiger partial charge < -0.3 is 21.3 Å². The summed E-state index contributed by atoms with van der Waals surface area (Å²) in [5.74, 6) is -0.744. The fraction of sp³-hybridized carbons (Fsp3) is 0.571. The van der Waals surface area contributed by atoms with Crippen LogP contribution in [0, 0.1) is 5.92 Å². The minimum atomic E-state index is -0.548. The molecule has 0 atom stereocenters. The number of likely N-dealkylation sites (tertiary alicyclic amines) is 1. The summed E-state index contributed by atoms with van der Waals surface area (Å²) < 4.78 is 0. The average molecular weight is 384 g/mol. The summed E-state index contributed by atoms with van der Waals surface area (Å²) in [6, 6.07) is 6.05. The van der Waals surface area contributed by atoms with Crippen LogP contribution in [-0.2, 0) is 11.3 Å². The quantitative estimate of drug-likeness (QED) is 0.814. The SMILES string of the molecule is NC(=O)c1cccc2c1C(=O)N(C1CCN([C@H]3CC[C@H](C(N)=O)CC3)CC1)C2. The van der Waals surface area contributed by atoms with Crippen molar-refractivity contribution < 1.29 is 14.4 Å². The number of nitrogens with two attached hydrogens (primary N) is 2. The first-order valence-corrected chi connectivity index (χ1v) is 10.2. The molecule has 1 saturated carbocycles. The molecule has 4 N–H and O–H groups in total. The number of benzene rings is 1. The number of fused-ring (bicyclic) bond motifs is 1. The smallest absolute Gasteiger partial charge is 0.255 e. The van der Waals surface area contributed by atoms with Crippen LogP contribution in [0.5, 0.6) is 0 Å². The lowest BCUT2D eigenvalue weighted by atomic mass is 9.84. The largest absolute Gasteiger partial charge is 0.369 e. The zero-order valence-corrected chi connectivity index (χ0v) is 16.1. The van der Waals surface area contributed by atoms with Gasteiger partial charge in [0.1, 0.15) is 0 Å². The first-order chi connectivity index (χ1) is 13.5. The minimum absolute atomic E-state index is 0.0361. The van der Waals surface area contributed by atoms with Crippen LogP contribution < -0.4 is 11.5 Å². The molecule has 2 fully saturated rings. The molecule has 0 radical (unpaired) electrons. The number of carbonyl (C=O) groups is 3. The van der Waals surface area contributed by atoms with Gasteiger partial charge in [-0.3, -0.25) is 14.4 Å². The summed E-state index contributed by atoms with van der Waals surface area (Å²) in [4.78, 5) is 40.4. The molecule has 3 amide bonds. The number of amides is 3.